The van der Waals surface area contributed by atoms with E-state index in [9.17, 15) is 0 Å². The SMILES string of the molecule is C=CCN=c1scc(-c2ccc(OC)cc2)n1N=C1CCCCCC1. The molecule has 4 nitrogen and oxygen atoms in total. The van der Waals surface area contributed by atoms with Crippen molar-refractivity contribution in [1.82, 2.24) is 4.68 Å². The molecule has 0 unspecified atom stereocenters. The number of aromatic nitrogens is 1. The Kier molecular flexibility index (Phi) is 6.23. The van der Waals surface area contributed by atoms with E-state index in [1.54, 1.807) is 18.4 Å². The Bertz CT molecular complexity index is 789. The molecule has 132 valence electrons. The Morgan fingerprint density at radius 3 is 2.52 bits per heavy atom. The van der Waals surface area contributed by atoms with E-state index < -0.39 is 0 Å². The van der Waals surface area contributed by atoms with Crippen molar-refractivity contribution in [2.45, 2.75) is 38.5 Å². The molecule has 1 aromatic carbocycles. The molecule has 1 saturated carbocycles. The van der Waals surface area contributed by atoms with Gasteiger partial charge in [-0.2, -0.15) is 5.10 Å². The number of thiazole rings is 1. The molecule has 0 spiro atoms. The molecule has 0 radical (unpaired) electrons. The molecule has 0 aliphatic heterocycles. The number of rotatable bonds is 5. The van der Waals surface area contributed by atoms with Crippen LogP contribution in [0.15, 0.2) is 52.4 Å². The van der Waals surface area contributed by atoms with Gasteiger partial charge < -0.3 is 4.74 Å². The molecule has 0 N–H and O–H groups in total. The molecule has 3 rings (SSSR count). The summed E-state index contributed by atoms with van der Waals surface area (Å²) in [7, 11) is 1.68. The Morgan fingerprint density at radius 1 is 1.16 bits per heavy atom. The van der Waals surface area contributed by atoms with Crippen molar-refractivity contribution in [3.8, 4) is 17.0 Å². The molecular formula is C20H25N3OS. The van der Waals surface area contributed by atoms with Gasteiger partial charge in [0, 0.05) is 16.7 Å². The maximum absolute atomic E-state index is 5.27. The number of ether oxygens (including phenoxy) is 1. The summed E-state index contributed by atoms with van der Waals surface area (Å²) in [6, 6.07) is 8.11. The fourth-order valence-corrected chi connectivity index (χ4v) is 3.83. The summed E-state index contributed by atoms with van der Waals surface area (Å²) in [5.41, 5.74) is 3.48. The van der Waals surface area contributed by atoms with Gasteiger partial charge in [-0.05, 0) is 49.9 Å². The van der Waals surface area contributed by atoms with E-state index in [0.29, 0.717) is 6.54 Å². The largest absolute Gasteiger partial charge is 0.497 e. The van der Waals surface area contributed by atoms with Gasteiger partial charge in [0.2, 0.25) is 4.80 Å². The molecule has 1 aromatic heterocycles. The molecule has 1 aliphatic rings. The van der Waals surface area contributed by atoms with Crippen molar-refractivity contribution < 1.29 is 4.74 Å². The molecule has 0 atom stereocenters. The highest BCUT2D eigenvalue weighted by Crippen LogP contribution is 2.24. The highest BCUT2D eigenvalue weighted by atomic mass is 32.1. The van der Waals surface area contributed by atoms with Crippen molar-refractivity contribution >= 4 is 17.0 Å². The summed E-state index contributed by atoms with van der Waals surface area (Å²) in [6.07, 6.45) is 9.09. The summed E-state index contributed by atoms with van der Waals surface area (Å²) in [5.74, 6) is 0.858. The molecule has 5 heteroatoms. The zero-order valence-corrected chi connectivity index (χ0v) is 15.6. The Morgan fingerprint density at radius 2 is 1.88 bits per heavy atom. The Hall–Kier alpha value is -2.14. The molecule has 0 bridgehead atoms. The predicted molar refractivity (Wildman–Crippen MR) is 105 cm³/mol. The van der Waals surface area contributed by atoms with E-state index in [2.05, 4.69) is 29.1 Å². The van der Waals surface area contributed by atoms with E-state index in [1.165, 1.54) is 31.4 Å². The minimum absolute atomic E-state index is 0.605. The van der Waals surface area contributed by atoms with Gasteiger partial charge in [-0.15, -0.1) is 17.9 Å². The molecule has 25 heavy (non-hydrogen) atoms. The summed E-state index contributed by atoms with van der Waals surface area (Å²) >= 11 is 1.62. The van der Waals surface area contributed by atoms with Crippen LogP contribution in [-0.4, -0.2) is 24.0 Å². The number of hydrogen-bond donors (Lipinski definition) is 0. The van der Waals surface area contributed by atoms with Gasteiger partial charge >= 0.3 is 0 Å². The quantitative estimate of drug-likeness (QED) is 0.557. The van der Waals surface area contributed by atoms with Crippen LogP contribution in [-0.2, 0) is 0 Å². The fourth-order valence-electron chi connectivity index (χ4n) is 2.99. The van der Waals surface area contributed by atoms with Gasteiger partial charge in [-0.3, -0.25) is 4.99 Å². The van der Waals surface area contributed by atoms with E-state index in [1.807, 2.05) is 22.9 Å². The average Bonchev–Trinajstić information content (AvgIpc) is 2.86. The predicted octanol–water partition coefficient (Wildman–Crippen LogP) is 4.87. The Labute approximate surface area is 153 Å². The van der Waals surface area contributed by atoms with Crippen LogP contribution in [0.25, 0.3) is 11.3 Å². The third-order valence-corrected chi connectivity index (χ3v) is 5.20. The topological polar surface area (TPSA) is 38.9 Å². The van der Waals surface area contributed by atoms with Crippen LogP contribution in [0.2, 0.25) is 0 Å². The fraction of sp³-hybridized carbons (Fsp3) is 0.400. The zero-order chi connectivity index (χ0) is 17.5. The van der Waals surface area contributed by atoms with E-state index in [4.69, 9.17) is 9.84 Å². The third kappa shape index (κ3) is 4.48. The van der Waals surface area contributed by atoms with Crippen molar-refractivity contribution in [1.29, 1.82) is 0 Å². The standard InChI is InChI=1S/C20H25N3OS/c1-3-14-21-20-23(22-17-8-6-4-5-7-9-17)19(15-25-20)16-10-12-18(24-2)13-11-16/h3,10-13,15H,1,4-9,14H2,2H3. The lowest BCUT2D eigenvalue weighted by Gasteiger charge is -2.08. The zero-order valence-electron chi connectivity index (χ0n) is 14.8. The second-order valence-electron chi connectivity index (χ2n) is 6.15. The van der Waals surface area contributed by atoms with Gasteiger partial charge in [0.05, 0.1) is 19.3 Å². The van der Waals surface area contributed by atoms with Crippen LogP contribution in [0.4, 0.5) is 0 Å². The second kappa shape index (κ2) is 8.81. The Balaban J connectivity index is 2.04. The first-order valence-corrected chi connectivity index (χ1v) is 9.73. The molecule has 0 saturated heterocycles. The molecule has 1 fully saturated rings. The van der Waals surface area contributed by atoms with E-state index in [0.717, 1.165) is 34.6 Å². The van der Waals surface area contributed by atoms with Crippen LogP contribution in [0.5, 0.6) is 5.75 Å². The van der Waals surface area contributed by atoms with Gasteiger partial charge in [-0.1, -0.05) is 18.9 Å². The number of methoxy groups -OCH3 is 1. The number of hydrogen-bond acceptors (Lipinski definition) is 4. The lowest BCUT2D eigenvalue weighted by molar-refractivity contribution is 0.415. The third-order valence-electron chi connectivity index (χ3n) is 4.35. The van der Waals surface area contributed by atoms with Gasteiger partial charge in [0.15, 0.2) is 0 Å². The van der Waals surface area contributed by atoms with E-state index in [-0.39, 0.29) is 0 Å². The van der Waals surface area contributed by atoms with Crippen LogP contribution in [0, 0.1) is 0 Å². The summed E-state index contributed by atoms with van der Waals surface area (Å²) < 4.78 is 7.28. The first-order valence-electron chi connectivity index (χ1n) is 8.85. The summed E-state index contributed by atoms with van der Waals surface area (Å²) in [5, 5.41) is 7.12. The second-order valence-corrected chi connectivity index (χ2v) is 6.99. The van der Waals surface area contributed by atoms with Crippen LogP contribution in [0.3, 0.4) is 0 Å². The minimum atomic E-state index is 0.605. The lowest BCUT2D eigenvalue weighted by Crippen LogP contribution is -2.15. The molecule has 2 aromatic rings. The number of nitrogens with zero attached hydrogens (tertiary/aromatic N) is 3. The van der Waals surface area contributed by atoms with Crippen molar-refractivity contribution in [2.24, 2.45) is 10.1 Å². The lowest BCUT2D eigenvalue weighted by atomic mass is 10.1. The summed E-state index contributed by atoms with van der Waals surface area (Å²) in [4.78, 5) is 5.54. The first-order chi connectivity index (χ1) is 12.3. The monoisotopic (exact) mass is 355 g/mol. The van der Waals surface area contributed by atoms with Crippen molar-refractivity contribution in [3.05, 3.63) is 47.1 Å². The normalized spacial score (nSPS) is 15.7. The van der Waals surface area contributed by atoms with Crippen molar-refractivity contribution in [2.75, 3.05) is 13.7 Å². The maximum Gasteiger partial charge on any atom is 0.206 e. The summed E-state index contributed by atoms with van der Waals surface area (Å²) in [6.45, 7) is 4.37. The molecular weight excluding hydrogens is 330 g/mol. The van der Waals surface area contributed by atoms with Crippen molar-refractivity contribution in [3.63, 3.8) is 0 Å². The molecule has 0 amide bonds. The highest BCUT2D eigenvalue weighted by Gasteiger charge is 2.11. The molecule has 1 heterocycles. The average molecular weight is 356 g/mol. The van der Waals surface area contributed by atoms with E-state index >= 15 is 0 Å². The smallest absolute Gasteiger partial charge is 0.206 e. The highest BCUT2D eigenvalue weighted by molar-refractivity contribution is 7.07. The minimum Gasteiger partial charge on any atom is -0.497 e. The van der Waals surface area contributed by atoms with Gasteiger partial charge in [-0.25, -0.2) is 4.68 Å². The number of benzene rings is 1. The maximum atomic E-state index is 5.27. The van der Waals surface area contributed by atoms with Gasteiger partial charge in [0.1, 0.15) is 5.75 Å². The van der Waals surface area contributed by atoms with Crippen LogP contribution >= 0.6 is 11.3 Å². The van der Waals surface area contributed by atoms with Crippen LogP contribution in [0.1, 0.15) is 38.5 Å². The molecule has 1 aliphatic carbocycles. The van der Waals surface area contributed by atoms with Crippen LogP contribution < -0.4 is 9.54 Å². The first kappa shape index (κ1) is 17.7. The van der Waals surface area contributed by atoms with Gasteiger partial charge in [0.25, 0.3) is 0 Å².